The summed E-state index contributed by atoms with van der Waals surface area (Å²) in [4.78, 5) is 0. The third kappa shape index (κ3) is 4.36. The lowest BCUT2D eigenvalue weighted by Gasteiger charge is -2.14. The molecule has 1 atom stereocenters. The van der Waals surface area contributed by atoms with Crippen LogP contribution >= 0.6 is 11.8 Å². The maximum atomic E-state index is 13.0. The minimum atomic E-state index is -0.330. The number of halogens is 2. The van der Waals surface area contributed by atoms with Gasteiger partial charge in [-0.3, -0.25) is 0 Å². The highest BCUT2D eigenvalue weighted by atomic mass is 32.2. The van der Waals surface area contributed by atoms with Crippen molar-refractivity contribution in [3.05, 3.63) is 71.6 Å². The summed E-state index contributed by atoms with van der Waals surface area (Å²) < 4.78 is 33.5. The zero-order valence-electron chi connectivity index (χ0n) is 13.8. The first kappa shape index (κ1) is 17.4. The van der Waals surface area contributed by atoms with Gasteiger partial charge in [-0.1, -0.05) is 23.9 Å². The van der Waals surface area contributed by atoms with Gasteiger partial charge in [-0.2, -0.15) is 0 Å². The molecule has 0 aliphatic heterocycles. The van der Waals surface area contributed by atoms with Gasteiger partial charge >= 0.3 is 0 Å². The standard InChI is InChI=1S/C18H17F2N3OS/c1-12(24-16-9-7-15(20)8-10-16)17-21-22-18(23(17)2)25-11-13-3-5-14(19)6-4-13/h3-10,12H,11H2,1-2H3. The summed E-state index contributed by atoms with van der Waals surface area (Å²) in [5.74, 6) is 1.35. The SMILES string of the molecule is CC(Oc1ccc(F)cc1)c1nnc(SCc2ccc(F)cc2)n1C. The van der Waals surface area contributed by atoms with Gasteiger partial charge in [0.15, 0.2) is 17.1 Å². The van der Waals surface area contributed by atoms with Crippen molar-refractivity contribution < 1.29 is 13.5 Å². The van der Waals surface area contributed by atoms with E-state index in [9.17, 15) is 8.78 Å². The van der Waals surface area contributed by atoms with E-state index in [0.717, 1.165) is 10.7 Å². The summed E-state index contributed by atoms with van der Waals surface area (Å²) in [6.45, 7) is 1.86. The van der Waals surface area contributed by atoms with Crippen LogP contribution in [0.4, 0.5) is 8.78 Å². The Balaban J connectivity index is 1.65. The molecule has 0 amide bonds. The molecular formula is C18H17F2N3OS. The van der Waals surface area contributed by atoms with Gasteiger partial charge in [0.1, 0.15) is 17.4 Å². The first-order valence-electron chi connectivity index (χ1n) is 7.71. The molecule has 1 aromatic heterocycles. The quantitative estimate of drug-likeness (QED) is 0.605. The summed E-state index contributed by atoms with van der Waals surface area (Å²) in [7, 11) is 1.87. The van der Waals surface area contributed by atoms with Crippen LogP contribution < -0.4 is 4.74 Å². The molecule has 0 bridgehead atoms. The summed E-state index contributed by atoms with van der Waals surface area (Å²) in [6.07, 6.45) is -0.330. The molecule has 0 radical (unpaired) electrons. The first-order chi connectivity index (χ1) is 12.0. The Bertz CT molecular complexity index is 835. The second-order valence-corrected chi connectivity index (χ2v) is 6.47. The fourth-order valence-corrected chi connectivity index (χ4v) is 3.18. The normalized spacial score (nSPS) is 12.2. The Morgan fingerprint density at radius 3 is 2.24 bits per heavy atom. The van der Waals surface area contributed by atoms with E-state index in [2.05, 4.69) is 10.2 Å². The molecule has 0 fully saturated rings. The Kier molecular flexibility index (Phi) is 5.33. The van der Waals surface area contributed by atoms with Crippen molar-refractivity contribution in [1.82, 2.24) is 14.8 Å². The second-order valence-electron chi connectivity index (χ2n) is 5.53. The van der Waals surface area contributed by atoms with Crippen molar-refractivity contribution >= 4 is 11.8 Å². The number of benzene rings is 2. The van der Waals surface area contributed by atoms with Gasteiger partial charge < -0.3 is 9.30 Å². The number of hydrogen-bond acceptors (Lipinski definition) is 4. The number of hydrogen-bond donors (Lipinski definition) is 0. The van der Waals surface area contributed by atoms with Crippen LogP contribution in [0.3, 0.4) is 0 Å². The maximum absolute atomic E-state index is 13.0. The van der Waals surface area contributed by atoms with E-state index in [0.29, 0.717) is 17.3 Å². The average Bonchev–Trinajstić information content (AvgIpc) is 2.97. The predicted octanol–water partition coefficient (Wildman–Crippen LogP) is 4.53. The van der Waals surface area contributed by atoms with Gasteiger partial charge in [-0.05, 0) is 48.9 Å². The van der Waals surface area contributed by atoms with Crippen LogP contribution in [-0.4, -0.2) is 14.8 Å². The van der Waals surface area contributed by atoms with E-state index >= 15 is 0 Å². The molecule has 25 heavy (non-hydrogen) atoms. The van der Waals surface area contributed by atoms with Crippen LogP contribution in [0.25, 0.3) is 0 Å². The molecule has 3 aromatic rings. The van der Waals surface area contributed by atoms with Crippen LogP contribution in [-0.2, 0) is 12.8 Å². The zero-order chi connectivity index (χ0) is 17.8. The predicted molar refractivity (Wildman–Crippen MR) is 92.4 cm³/mol. The Morgan fingerprint density at radius 2 is 1.60 bits per heavy atom. The van der Waals surface area contributed by atoms with E-state index in [-0.39, 0.29) is 17.7 Å². The first-order valence-corrected chi connectivity index (χ1v) is 8.70. The highest BCUT2D eigenvalue weighted by Gasteiger charge is 2.17. The van der Waals surface area contributed by atoms with E-state index in [1.807, 2.05) is 18.5 Å². The number of aromatic nitrogens is 3. The molecular weight excluding hydrogens is 344 g/mol. The lowest BCUT2D eigenvalue weighted by molar-refractivity contribution is 0.211. The topological polar surface area (TPSA) is 39.9 Å². The van der Waals surface area contributed by atoms with Crippen molar-refractivity contribution in [1.29, 1.82) is 0 Å². The van der Waals surface area contributed by atoms with Crippen LogP contribution in [0.2, 0.25) is 0 Å². The minimum Gasteiger partial charge on any atom is -0.483 e. The molecule has 3 rings (SSSR count). The largest absolute Gasteiger partial charge is 0.483 e. The molecule has 0 aliphatic carbocycles. The van der Waals surface area contributed by atoms with Crippen LogP contribution in [0.15, 0.2) is 53.7 Å². The van der Waals surface area contributed by atoms with E-state index in [1.54, 1.807) is 24.3 Å². The summed E-state index contributed by atoms with van der Waals surface area (Å²) in [5.41, 5.74) is 1.01. The smallest absolute Gasteiger partial charge is 0.191 e. The van der Waals surface area contributed by atoms with E-state index < -0.39 is 0 Å². The van der Waals surface area contributed by atoms with Crippen molar-refractivity contribution in [2.45, 2.75) is 23.9 Å². The zero-order valence-corrected chi connectivity index (χ0v) is 14.6. The second kappa shape index (κ2) is 7.65. The molecule has 1 heterocycles. The van der Waals surface area contributed by atoms with Crippen molar-refractivity contribution in [3.8, 4) is 5.75 Å². The molecule has 0 N–H and O–H groups in total. The molecule has 1 unspecified atom stereocenters. The van der Waals surface area contributed by atoms with Crippen LogP contribution in [0, 0.1) is 11.6 Å². The molecule has 0 spiro atoms. The number of thioether (sulfide) groups is 1. The van der Waals surface area contributed by atoms with Crippen molar-refractivity contribution in [2.75, 3.05) is 0 Å². The van der Waals surface area contributed by atoms with Gasteiger partial charge in [0.2, 0.25) is 0 Å². The van der Waals surface area contributed by atoms with Crippen LogP contribution in [0.5, 0.6) is 5.75 Å². The molecule has 130 valence electrons. The maximum Gasteiger partial charge on any atom is 0.191 e. The summed E-state index contributed by atoms with van der Waals surface area (Å²) >= 11 is 1.51. The number of rotatable bonds is 6. The van der Waals surface area contributed by atoms with Gasteiger partial charge in [0.25, 0.3) is 0 Å². The third-order valence-electron chi connectivity index (χ3n) is 3.64. The van der Waals surface area contributed by atoms with E-state index in [1.165, 1.54) is 36.0 Å². The highest BCUT2D eigenvalue weighted by molar-refractivity contribution is 7.98. The summed E-state index contributed by atoms with van der Waals surface area (Å²) in [5, 5.41) is 9.12. The van der Waals surface area contributed by atoms with Crippen molar-refractivity contribution in [2.24, 2.45) is 7.05 Å². The van der Waals surface area contributed by atoms with Crippen molar-refractivity contribution in [3.63, 3.8) is 0 Å². The van der Waals surface area contributed by atoms with Crippen LogP contribution in [0.1, 0.15) is 24.4 Å². The molecule has 0 aliphatic rings. The summed E-state index contributed by atoms with van der Waals surface area (Å²) in [6, 6.07) is 12.2. The molecule has 7 heteroatoms. The monoisotopic (exact) mass is 361 g/mol. The lowest BCUT2D eigenvalue weighted by Crippen LogP contribution is -2.10. The Labute approximate surface area is 148 Å². The third-order valence-corrected chi connectivity index (χ3v) is 4.73. The fraction of sp³-hybridized carbons (Fsp3) is 0.222. The fourth-order valence-electron chi connectivity index (χ4n) is 2.30. The Hall–Kier alpha value is -2.41. The van der Waals surface area contributed by atoms with Gasteiger partial charge in [-0.15, -0.1) is 10.2 Å². The number of ether oxygens (including phenoxy) is 1. The minimum absolute atomic E-state index is 0.249. The molecule has 4 nitrogen and oxygen atoms in total. The molecule has 0 saturated carbocycles. The average molecular weight is 361 g/mol. The van der Waals surface area contributed by atoms with E-state index in [4.69, 9.17) is 4.74 Å². The van der Waals surface area contributed by atoms with Gasteiger partial charge in [-0.25, -0.2) is 8.78 Å². The van der Waals surface area contributed by atoms with Gasteiger partial charge in [0.05, 0.1) is 0 Å². The molecule has 2 aromatic carbocycles. The van der Waals surface area contributed by atoms with Gasteiger partial charge in [0, 0.05) is 12.8 Å². The Morgan fingerprint density at radius 1 is 1.00 bits per heavy atom. The lowest BCUT2D eigenvalue weighted by atomic mass is 10.2. The highest BCUT2D eigenvalue weighted by Crippen LogP contribution is 2.25. The molecule has 0 saturated heterocycles. The number of nitrogens with zero attached hydrogens (tertiary/aromatic N) is 3.